The Morgan fingerprint density at radius 3 is 2.47 bits per heavy atom. The van der Waals surface area contributed by atoms with E-state index in [0.29, 0.717) is 28.3 Å². The van der Waals surface area contributed by atoms with Crippen LogP contribution in [0.15, 0.2) is 97.2 Å². The van der Waals surface area contributed by atoms with E-state index >= 15 is 4.39 Å². The van der Waals surface area contributed by atoms with Crippen molar-refractivity contribution in [2.75, 3.05) is 0 Å². The molecule has 3 aromatic heterocycles. The van der Waals surface area contributed by atoms with Gasteiger partial charge >= 0.3 is 21.1 Å². The summed E-state index contributed by atoms with van der Waals surface area (Å²) in [7, 11) is 0. The third-order valence-corrected chi connectivity index (χ3v) is 7.30. The topological polar surface area (TPSA) is 68.7 Å². The van der Waals surface area contributed by atoms with Crippen molar-refractivity contribution in [3.8, 4) is 40.2 Å². The van der Waals surface area contributed by atoms with Gasteiger partial charge in [0.15, 0.2) is 0 Å². The van der Waals surface area contributed by atoms with E-state index in [4.69, 9.17) is 9.84 Å². The number of hydrogen-bond donors (Lipinski definition) is 0. The van der Waals surface area contributed by atoms with E-state index in [1.165, 1.54) is 6.07 Å². The molecule has 0 spiro atoms. The molecule has 0 saturated carbocycles. The maximum absolute atomic E-state index is 15.1. The number of nitriles is 1. The van der Waals surface area contributed by atoms with Gasteiger partial charge in [0.05, 0.1) is 23.1 Å². The zero-order valence-corrected chi connectivity index (χ0v) is 25.3. The summed E-state index contributed by atoms with van der Waals surface area (Å²) in [6, 6.07) is 36.4. The van der Waals surface area contributed by atoms with Crippen molar-refractivity contribution in [2.45, 2.75) is 13.8 Å². The predicted molar refractivity (Wildman–Crippen MR) is 159 cm³/mol. The summed E-state index contributed by atoms with van der Waals surface area (Å²) in [5.41, 5.74) is 6.53. The average molecular weight is 743 g/mol. The molecule has 0 radical (unpaired) electrons. The number of benzene rings is 4. The molecule has 0 atom stereocenters. The van der Waals surface area contributed by atoms with Gasteiger partial charge in [0.25, 0.3) is 0 Å². The van der Waals surface area contributed by atoms with Crippen LogP contribution in [-0.2, 0) is 21.1 Å². The van der Waals surface area contributed by atoms with Crippen LogP contribution in [0.5, 0.6) is 11.5 Å². The van der Waals surface area contributed by atoms with Gasteiger partial charge in [-0.25, -0.2) is 4.98 Å². The first kappa shape index (κ1) is 28.1. The molecule has 0 fully saturated rings. The second kappa shape index (κ2) is 11.3. The number of halogens is 1. The Morgan fingerprint density at radius 1 is 0.884 bits per heavy atom. The largest absolute Gasteiger partial charge is 2.00 e. The maximum atomic E-state index is 15.1. The molecule has 7 rings (SSSR count). The standard InChI is InChI=1S/C35H22FN5O.Pt/c1-22-35(25-8-4-3-5-9-25)23(2)41(39-22)26-12-15-30(36)33(19-26)42-27-13-14-28-29-18-24(21-37)11-16-31(29)40(32(28)20-27)34-10-6-7-17-38-34;/h3-18H,1-2H3;/q-2;+2. The molecule has 0 saturated heterocycles. The Morgan fingerprint density at radius 2 is 1.70 bits per heavy atom. The van der Waals surface area contributed by atoms with E-state index in [0.717, 1.165) is 38.8 Å². The number of hydrogen-bond acceptors (Lipinski definition) is 4. The Balaban J connectivity index is 0.00000329. The quantitative estimate of drug-likeness (QED) is 0.168. The van der Waals surface area contributed by atoms with E-state index < -0.39 is 5.82 Å². The summed E-state index contributed by atoms with van der Waals surface area (Å²) >= 11 is 0. The van der Waals surface area contributed by atoms with Crippen LogP contribution in [0.2, 0.25) is 0 Å². The first-order valence-corrected chi connectivity index (χ1v) is 13.4. The zero-order valence-electron chi connectivity index (χ0n) is 23.1. The number of nitrogens with zero attached hydrogens (tertiary/aromatic N) is 5. The molecule has 8 heteroatoms. The van der Waals surface area contributed by atoms with Crippen LogP contribution in [0.4, 0.5) is 4.39 Å². The van der Waals surface area contributed by atoms with Gasteiger partial charge in [0, 0.05) is 34.5 Å². The fraction of sp³-hybridized carbons (Fsp3) is 0.0571. The summed E-state index contributed by atoms with van der Waals surface area (Å²) in [4.78, 5) is 4.54. The van der Waals surface area contributed by atoms with Crippen LogP contribution in [-0.4, -0.2) is 19.3 Å². The van der Waals surface area contributed by atoms with E-state index in [1.54, 1.807) is 29.1 Å². The van der Waals surface area contributed by atoms with Crippen molar-refractivity contribution in [2.24, 2.45) is 0 Å². The van der Waals surface area contributed by atoms with E-state index in [-0.39, 0.29) is 26.8 Å². The van der Waals surface area contributed by atoms with Gasteiger partial charge < -0.3 is 9.30 Å². The molecule has 0 aliphatic carbocycles. The third kappa shape index (κ3) is 4.90. The minimum Gasteiger partial charge on any atom is -0.506 e. The minimum absolute atomic E-state index is 0. The van der Waals surface area contributed by atoms with Gasteiger partial charge in [-0.1, -0.05) is 41.9 Å². The number of aryl methyl sites for hydroxylation is 1. The van der Waals surface area contributed by atoms with Crippen molar-refractivity contribution in [1.82, 2.24) is 19.3 Å². The molecule has 0 N–H and O–H groups in total. The molecule has 0 unspecified atom stereocenters. The Kier molecular flexibility index (Phi) is 7.39. The van der Waals surface area contributed by atoms with Crippen molar-refractivity contribution in [1.29, 1.82) is 5.26 Å². The Labute approximate surface area is 261 Å². The second-order valence-corrected chi connectivity index (χ2v) is 9.90. The smallest absolute Gasteiger partial charge is 0.506 e. The van der Waals surface area contributed by atoms with Crippen LogP contribution in [0, 0.1) is 43.1 Å². The van der Waals surface area contributed by atoms with Crippen LogP contribution in [0.1, 0.15) is 17.0 Å². The van der Waals surface area contributed by atoms with Crippen LogP contribution in [0.3, 0.4) is 0 Å². The Bertz CT molecular complexity index is 2160. The monoisotopic (exact) mass is 742 g/mol. The molecule has 210 valence electrons. The minimum atomic E-state index is -0.555. The number of fused-ring (bicyclic) bond motifs is 3. The van der Waals surface area contributed by atoms with Gasteiger partial charge in [-0.2, -0.15) is 16.4 Å². The van der Waals surface area contributed by atoms with Gasteiger partial charge in [0.2, 0.25) is 0 Å². The average Bonchev–Trinajstić information content (AvgIpc) is 3.51. The van der Waals surface area contributed by atoms with E-state index in [9.17, 15) is 5.26 Å². The first-order valence-electron chi connectivity index (χ1n) is 13.4. The first-order chi connectivity index (χ1) is 20.5. The summed E-state index contributed by atoms with van der Waals surface area (Å²) in [5, 5.41) is 16.0. The van der Waals surface area contributed by atoms with Crippen LogP contribution < -0.4 is 4.74 Å². The van der Waals surface area contributed by atoms with Crippen LogP contribution >= 0.6 is 0 Å². The fourth-order valence-corrected chi connectivity index (χ4v) is 5.43. The van der Waals surface area contributed by atoms with Gasteiger partial charge in [0.1, 0.15) is 5.82 Å². The normalized spacial score (nSPS) is 10.9. The summed E-state index contributed by atoms with van der Waals surface area (Å²) in [6.07, 6.45) is 1.72. The van der Waals surface area contributed by atoms with Crippen LogP contribution in [0.25, 0.3) is 44.4 Å². The molecule has 0 bridgehead atoms. The van der Waals surface area contributed by atoms with Crippen molar-refractivity contribution >= 4 is 21.8 Å². The molecular formula is C35H22FN5OPt. The maximum Gasteiger partial charge on any atom is 2.00 e. The molecule has 3 heterocycles. The van der Waals surface area contributed by atoms with Gasteiger partial charge in [-0.3, -0.25) is 9.07 Å². The number of rotatable bonds is 5. The molecule has 4 aromatic carbocycles. The molecule has 6 nitrogen and oxygen atoms in total. The zero-order chi connectivity index (χ0) is 28.8. The molecule has 0 aliphatic rings. The molecule has 43 heavy (non-hydrogen) atoms. The van der Waals surface area contributed by atoms with E-state index in [2.05, 4.69) is 23.2 Å². The molecular weight excluding hydrogens is 720 g/mol. The van der Waals surface area contributed by atoms with Crippen molar-refractivity contribution < 1.29 is 30.2 Å². The second-order valence-electron chi connectivity index (χ2n) is 9.90. The van der Waals surface area contributed by atoms with Gasteiger partial charge in [-0.15, -0.1) is 35.7 Å². The molecule has 0 aliphatic heterocycles. The number of ether oxygens (including phenoxy) is 1. The fourth-order valence-electron chi connectivity index (χ4n) is 5.43. The Hall–Kier alpha value is -5.05. The van der Waals surface area contributed by atoms with Crippen molar-refractivity contribution in [3.63, 3.8) is 0 Å². The molecule has 0 amide bonds. The summed E-state index contributed by atoms with van der Waals surface area (Å²) in [5.74, 6) is 0.382. The van der Waals surface area contributed by atoms with Crippen molar-refractivity contribution in [3.05, 3.63) is 132 Å². The predicted octanol–water partition coefficient (Wildman–Crippen LogP) is 8.05. The number of aromatic nitrogens is 4. The van der Waals surface area contributed by atoms with E-state index in [1.807, 2.05) is 85.1 Å². The van der Waals surface area contributed by atoms with Gasteiger partial charge in [-0.05, 0) is 60.8 Å². The summed E-state index contributed by atoms with van der Waals surface area (Å²) < 4.78 is 24.9. The molecule has 7 aromatic rings. The SMILES string of the molecule is Cc1nn(-c2[c-]c(Oc3[c-]c4c(cc3)c3cc(C#N)ccc3n4-c3ccccn3)c(F)cc2)c(C)c1-c1ccccc1.[Pt+2]. The third-order valence-electron chi connectivity index (χ3n) is 7.30. The summed E-state index contributed by atoms with van der Waals surface area (Å²) in [6.45, 7) is 3.94. The number of pyridine rings is 1.